The maximum absolute atomic E-state index is 13.5. The van der Waals surface area contributed by atoms with Crippen LogP contribution in [0.5, 0.6) is 0 Å². The first-order valence-corrected chi connectivity index (χ1v) is 11.2. The van der Waals surface area contributed by atoms with Crippen molar-refractivity contribution in [1.29, 1.82) is 0 Å². The van der Waals surface area contributed by atoms with Gasteiger partial charge in [0.05, 0.1) is 0 Å². The lowest BCUT2D eigenvalue weighted by Crippen LogP contribution is -2.39. The van der Waals surface area contributed by atoms with E-state index in [9.17, 15) is 9.59 Å². The summed E-state index contributed by atoms with van der Waals surface area (Å²) in [7, 11) is 1.71. The lowest BCUT2D eigenvalue weighted by Gasteiger charge is -2.13. The molecule has 1 aliphatic carbocycles. The molecule has 3 aromatic heterocycles. The van der Waals surface area contributed by atoms with Crippen LogP contribution >= 0.6 is 0 Å². The van der Waals surface area contributed by atoms with Crippen LogP contribution in [0, 0.1) is 13.8 Å². The molecule has 4 aromatic rings. The highest BCUT2D eigenvalue weighted by Gasteiger charge is 2.27. The Morgan fingerprint density at radius 3 is 2.45 bits per heavy atom. The molecule has 1 fully saturated rings. The summed E-state index contributed by atoms with van der Waals surface area (Å²) in [6, 6.07) is 10.6. The van der Waals surface area contributed by atoms with Gasteiger partial charge in [0, 0.05) is 31.0 Å². The van der Waals surface area contributed by atoms with E-state index in [1.165, 1.54) is 27.5 Å². The summed E-state index contributed by atoms with van der Waals surface area (Å²) in [4.78, 5) is 31.3. The van der Waals surface area contributed by atoms with Crippen LogP contribution in [0.4, 0.5) is 0 Å². The molecule has 7 heteroatoms. The van der Waals surface area contributed by atoms with Crippen molar-refractivity contribution in [3.8, 4) is 0 Å². The first-order valence-electron chi connectivity index (χ1n) is 11.2. The lowest BCUT2D eigenvalue weighted by molar-refractivity contribution is 0.520. The minimum Gasteiger partial charge on any atom is -0.311 e. The molecule has 5 rings (SSSR count). The molecule has 0 aliphatic heterocycles. The minimum atomic E-state index is -0.298. The fourth-order valence-corrected chi connectivity index (χ4v) is 5.16. The number of hydrogen-bond donors (Lipinski definition) is 0. The third-order valence-corrected chi connectivity index (χ3v) is 6.94. The molecule has 0 radical (unpaired) electrons. The zero-order chi connectivity index (χ0) is 21.7. The molecule has 1 aromatic carbocycles. The minimum absolute atomic E-state index is 0.245. The quantitative estimate of drug-likeness (QED) is 0.497. The molecular weight excluding hydrogens is 390 g/mol. The van der Waals surface area contributed by atoms with E-state index in [1.54, 1.807) is 7.05 Å². The molecule has 31 heavy (non-hydrogen) atoms. The van der Waals surface area contributed by atoms with Gasteiger partial charge in [-0.15, -0.1) is 0 Å². The van der Waals surface area contributed by atoms with E-state index in [4.69, 9.17) is 4.98 Å². The number of benzene rings is 1. The highest BCUT2D eigenvalue weighted by Crippen LogP contribution is 2.34. The van der Waals surface area contributed by atoms with Crippen molar-refractivity contribution in [3.05, 3.63) is 68.1 Å². The average molecular weight is 420 g/mol. The number of fused-ring (bicyclic) bond motifs is 3. The number of hydrogen-bond acceptors (Lipinski definition) is 3. The van der Waals surface area contributed by atoms with Crippen molar-refractivity contribution in [2.75, 3.05) is 0 Å². The molecule has 0 unspecified atom stereocenters. The number of nitrogens with zero attached hydrogens (tertiary/aromatic N) is 5. The van der Waals surface area contributed by atoms with Crippen LogP contribution in [0.15, 0.2) is 39.9 Å². The van der Waals surface area contributed by atoms with Crippen molar-refractivity contribution < 1.29 is 0 Å². The highest BCUT2D eigenvalue weighted by molar-refractivity contribution is 5.76. The Morgan fingerprint density at radius 1 is 1.03 bits per heavy atom. The maximum Gasteiger partial charge on any atom is 0.332 e. The van der Waals surface area contributed by atoms with E-state index >= 15 is 0 Å². The summed E-state index contributed by atoms with van der Waals surface area (Å²) in [6.07, 6.45) is 6.27. The van der Waals surface area contributed by atoms with Gasteiger partial charge in [0.2, 0.25) is 5.78 Å². The second kappa shape index (κ2) is 7.55. The Kier molecular flexibility index (Phi) is 4.84. The van der Waals surface area contributed by atoms with E-state index in [0.29, 0.717) is 23.8 Å². The molecule has 1 aliphatic rings. The van der Waals surface area contributed by atoms with Crippen LogP contribution in [-0.2, 0) is 20.0 Å². The Morgan fingerprint density at radius 2 is 1.74 bits per heavy atom. The number of aryl methyl sites for hydroxylation is 3. The third-order valence-electron chi connectivity index (χ3n) is 6.94. The third kappa shape index (κ3) is 3.06. The molecule has 7 nitrogen and oxygen atoms in total. The molecule has 0 bridgehead atoms. The predicted molar refractivity (Wildman–Crippen MR) is 122 cm³/mol. The van der Waals surface area contributed by atoms with Gasteiger partial charge in [-0.3, -0.25) is 18.3 Å². The molecule has 1 saturated carbocycles. The summed E-state index contributed by atoms with van der Waals surface area (Å²) in [5.41, 5.74) is 3.82. The molecule has 162 valence electrons. The van der Waals surface area contributed by atoms with Gasteiger partial charge in [0.15, 0.2) is 11.2 Å². The average Bonchev–Trinajstić information content (AvgIpc) is 3.48. The Hall–Kier alpha value is -3.09. The summed E-state index contributed by atoms with van der Waals surface area (Å²) in [5, 5.41) is 0. The zero-order valence-corrected chi connectivity index (χ0v) is 18.5. The second-order valence-corrected chi connectivity index (χ2v) is 8.79. The van der Waals surface area contributed by atoms with Crippen LogP contribution in [0.1, 0.15) is 55.1 Å². The van der Waals surface area contributed by atoms with Gasteiger partial charge in [-0.2, -0.15) is 4.98 Å². The lowest BCUT2D eigenvalue weighted by atomic mass is 10.1. The van der Waals surface area contributed by atoms with E-state index in [-0.39, 0.29) is 11.2 Å². The zero-order valence-electron chi connectivity index (χ0n) is 18.5. The molecule has 3 heterocycles. The Bertz CT molecular complexity index is 1380. The molecular formula is C24H29N5O2. The van der Waals surface area contributed by atoms with Crippen molar-refractivity contribution in [2.45, 2.75) is 65.0 Å². The van der Waals surface area contributed by atoms with E-state index in [0.717, 1.165) is 42.8 Å². The van der Waals surface area contributed by atoms with Gasteiger partial charge >= 0.3 is 5.69 Å². The molecule has 0 N–H and O–H groups in total. The van der Waals surface area contributed by atoms with Crippen LogP contribution in [0.3, 0.4) is 0 Å². The van der Waals surface area contributed by atoms with Gasteiger partial charge in [-0.05, 0) is 45.1 Å². The van der Waals surface area contributed by atoms with Crippen molar-refractivity contribution in [1.82, 2.24) is 23.1 Å². The monoisotopic (exact) mass is 419 g/mol. The summed E-state index contributed by atoms with van der Waals surface area (Å²) >= 11 is 0. The summed E-state index contributed by atoms with van der Waals surface area (Å²) < 4.78 is 7.16. The van der Waals surface area contributed by atoms with E-state index in [2.05, 4.69) is 23.6 Å². The van der Waals surface area contributed by atoms with Gasteiger partial charge in [-0.1, -0.05) is 43.2 Å². The topological polar surface area (TPSA) is 66.2 Å². The van der Waals surface area contributed by atoms with Crippen LogP contribution < -0.4 is 11.2 Å². The van der Waals surface area contributed by atoms with Gasteiger partial charge < -0.3 is 4.57 Å². The van der Waals surface area contributed by atoms with Crippen LogP contribution in [0.2, 0.25) is 0 Å². The predicted octanol–water partition coefficient (Wildman–Crippen LogP) is 3.51. The number of aromatic nitrogens is 5. The number of imidazole rings is 2. The normalized spacial score (nSPS) is 14.9. The fourth-order valence-electron chi connectivity index (χ4n) is 5.16. The summed E-state index contributed by atoms with van der Waals surface area (Å²) in [6.45, 7) is 4.54. The summed E-state index contributed by atoms with van der Waals surface area (Å²) in [5.74, 6) is 0.783. The van der Waals surface area contributed by atoms with Gasteiger partial charge in [0.1, 0.15) is 0 Å². The largest absolute Gasteiger partial charge is 0.332 e. The molecule has 0 saturated heterocycles. The van der Waals surface area contributed by atoms with Crippen LogP contribution in [0.25, 0.3) is 16.9 Å². The Labute approximate surface area is 180 Å². The van der Waals surface area contributed by atoms with Gasteiger partial charge in [-0.25, -0.2) is 4.79 Å². The van der Waals surface area contributed by atoms with Crippen LogP contribution in [-0.4, -0.2) is 23.1 Å². The SMILES string of the molecule is Cc1c(C)n2c3c(=O)n(CCCc4ccccc4)c(=O)n(C)c3nc2n1C1CCCC1. The van der Waals surface area contributed by atoms with E-state index < -0.39 is 0 Å². The van der Waals surface area contributed by atoms with E-state index in [1.807, 2.05) is 29.5 Å². The fraction of sp³-hybridized carbons (Fsp3) is 0.458. The molecule has 0 atom stereocenters. The maximum atomic E-state index is 13.5. The van der Waals surface area contributed by atoms with Gasteiger partial charge in [0.25, 0.3) is 5.56 Å². The first kappa shape index (κ1) is 19.8. The van der Waals surface area contributed by atoms with Crippen molar-refractivity contribution >= 4 is 16.9 Å². The van der Waals surface area contributed by atoms with Crippen molar-refractivity contribution in [2.24, 2.45) is 7.05 Å². The Balaban J connectivity index is 1.63. The van der Waals surface area contributed by atoms with Crippen molar-refractivity contribution in [3.63, 3.8) is 0 Å². The number of rotatable bonds is 5. The molecule has 0 spiro atoms. The first-order chi connectivity index (χ1) is 15.0. The standard InChI is InChI=1S/C24H29N5O2/c1-16-17(2)29-20-21(25-23(29)28(16)19-13-7-8-14-19)26(3)24(31)27(22(20)30)15-9-12-18-10-5-4-6-11-18/h4-6,10-11,19H,7-9,12-15H2,1-3H3. The smallest absolute Gasteiger partial charge is 0.311 e. The second-order valence-electron chi connectivity index (χ2n) is 8.79. The molecule has 0 amide bonds. The highest BCUT2D eigenvalue weighted by atomic mass is 16.2.